The highest BCUT2D eigenvalue weighted by Gasteiger charge is 2.27. The molecule has 2 aromatic rings. The monoisotopic (exact) mass is 412 g/mol. The van der Waals surface area contributed by atoms with E-state index in [0.29, 0.717) is 18.7 Å². The zero-order chi connectivity index (χ0) is 21.2. The second-order valence-electron chi connectivity index (χ2n) is 8.22. The Balaban J connectivity index is 1.93. The average molecular weight is 413 g/mol. The van der Waals surface area contributed by atoms with Crippen LogP contribution in [-0.2, 0) is 15.0 Å². The van der Waals surface area contributed by atoms with Crippen molar-refractivity contribution in [3.8, 4) is 0 Å². The maximum atomic E-state index is 12.0. The van der Waals surface area contributed by atoms with Crippen molar-refractivity contribution in [3.63, 3.8) is 0 Å². The first-order valence-electron chi connectivity index (χ1n) is 9.70. The van der Waals surface area contributed by atoms with Crippen LogP contribution in [-0.4, -0.2) is 28.2 Å². The van der Waals surface area contributed by atoms with Crippen molar-refractivity contribution in [2.45, 2.75) is 45.4 Å². The van der Waals surface area contributed by atoms with Crippen molar-refractivity contribution in [3.05, 3.63) is 74.7 Å². The van der Waals surface area contributed by atoms with Crippen LogP contribution in [0.4, 0.5) is 0 Å². The number of amides is 2. The molecule has 1 aromatic carbocycles. The van der Waals surface area contributed by atoms with E-state index >= 15 is 0 Å². The summed E-state index contributed by atoms with van der Waals surface area (Å²) < 4.78 is 0. The highest BCUT2D eigenvalue weighted by Crippen LogP contribution is 2.27. The SMILES string of the molecule is CC(C)(C)c1ccc(/C(=C\CCN2C(=O)CCC2=O)c2ccc(Cl)c(=O)[nH]2)cc1. The predicted molar refractivity (Wildman–Crippen MR) is 115 cm³/mol. The van der Waals surface area contributed by atoms with Gasteiger partial charge < -0.3 is 4.98 Å². The van der Waals surface area contributed by atoms with Gasteiger partial charge in [0.05, 0.1) is 0 Å². The number of nitrogens with zero attached hydrogens (tertiary/aromatic N) is 1. The largest absolute Gasteiger partial charge is 0.321 e. The Kier molecular flexibility index (Phi) is 6.08. The normalized spacial score (nSPS) is 15.3. The number of hydrogen-bond acceptors (Lipinski definition) is 3. The Labute approximate surface area is 175 Å². The molecular formula is C23H25ClN2O3. The summed E-state index contributed by atoms with van der Waals surface area (Å²) in [4.78, 5) is 39.8. The second-order valence-corrected chi connectivity index (χ2v) is 8.63. The van der Waals surface area contributed by atoms with Crippen LogP contribution in [0.5, 0.6) is 0 Å². The number of likely N-dealkylation sites (tertiary alicyclic amines) is 1. The quantitative estimate of drug-likeness (QED) is 0.744. The fourth-order valence-corrected chi connectivity index (χ4v) is 3.47. The molecule has 152 valence electrons. The van der Waals surface area contributed by atoms with Crippen molar-refractivity contribution in [1.82, 2.24) is 9.88 Å². The first kappa shape index (κ1) is 21.1. The fraction of sp³-hybridized carbons (Fsp3) is 0.348. The lowest BCUT2D eigenvalue weighted by atomic mass is 9.86. The van der Waals surface area contributed by atoms with E-state index in [1.54, 1.807) is 12.1 Å². The van der Waals surface area contributed by atoms with Gasteiger partial charge in [0.15, 0.2) is 0 Å². The van der Waals surface area contributed by atoms with Crippen LogP contribution in [0, 0.1) is 0 Å². The van der Waals surface area contributed by atoms with Gasteiger partial charge in [-0.25, -0.2) is 0 Å². The summed E-state index contributed by atoms with van der Waals surface area (Å²) in [5.41, 5.74) is 3.30. The van der Waals surface area contributed by atoms with Gasteiger partial charge in [-0.05, 0) is 35.1 Å². The second kappa shape index (κ2) is 8.37. The van der Waals surface area contributed by atoms with Crippen molar-refractivity contribution in [1.29, 1.82) is 0 Å². The standard InChI is InChI=1S/C23H25ClN2O3/c1-23(2,3)16-8-6-15(7-9-16)17(19-11-10-18(24)22(29)25-19)5-4-14-26-20(27)12-13-21(26)28/h5-11H,4,12-14H2,1-3H3,(H,25,29)/b17-5+. The molecule has 5 nitrogen and oxygen atoms in total. The minimum Gasteiger partial charge on any atom is -0.321 e. The van der Waals surface area contributed by atoms with E-state index in [4.69, 9.17) is 11.6 Å². The molecule has 0 aliphatic carbocycles. The molecule has 1 N–H and O–H groups in total. The number of carbonyl (C=O) groups excluding carboxylic acids is 2. The van der Waals surface area contributed by atoms with Gasteiger partial charge in [0.2, 0.25) is 11.8 Å². The lowest BCUT2D eigenvalue weighted by Gasteiger charge is -2.19. The molecule has 0 saturated carbocycles. The number of imide groups is 1. The Morgan fingerprint density at radius 3 is 2.21 bits per heavy atom. The third-order valence-electron chi connectivity index (χ3n) is 5.07. The molecule has 0 bridgehead atoms. The van der Waals surface area contributed by atoms with Gasteiger partial charge in [-0.1, -0.05) is 62.7 Å². The molecule has 3 rings (SSSR count). The number of aromatic amines is 1. The first-order chi connectivity index (χ1) is 13.7. The van der Waals surface area contributed by atoms with Gasteiger partial charge >= 0.3 is 0 Å². The minimum absolute atomic E-state index is 0.0352. The molecule has 1 aromatic heterocycles. The lowest BCUT2D eigenvalue weighted by molar-refractivity contribution is -0.138. The summed E-state index contributed by atoms with van der Waals surface area (Å²) >= 11 is 5.88. The Bertz CT molecular complexity index is 998. The average Bonchev–Trinajstić information content (AvgIpc) is 2.99. The van der Waals surface area contributed by atoms with E-state index in [0.717, 1.165) is 11.1 Å². The van der Waals surface area contributed by atoms with Crippen molar-refractivity contribution in [2.24, 2.45) is 0 Å². The van der Waals surface area contributed by atoms with Crippen LogP contribution < -0.4 is 5.56 Å². The number of carbonyl (C=O) groups is 2. The zero-order valence-corrected chi connectivity index (χ0v) is 17.7. The van der Waals surface area contributed by atoms with Crippen molar-refractivity contribution < 1.29 is 9.59 Å². The molecule has 6 heteroatoms. The number of rotatable bonds is 5. The molecule has 2 heterocycles. The molecule has 0 spiro atoms. The number of hydrogen-bond donors (Lipinski definition) is 1. The summed E-state index contributed by atoms with van der Waals surface area (Å²) in [5.74, 6) is -0.251. The predicted octanol–water partition coefficient (Wildman–Crippen LogP) is 4.30. The zero-order valence-electron chi connectivity index (χ0n) is 16.9. The molecular weight excluding hydrogens is 388 g/mol. The summed E-state index contributed by atoms with van der Waals surface area (Å²) in [6.07, 6.45) is 3.02. The Hall–Kier alpha value is -2.66. The van der Waals surface area contributed by atoms with Crippen LogP contribution in [0.3, 0.4) is 0 Å². The van der Waals surface area contributed by atoms with E-state index in [-0.39, 0.29) is 40.7 Å². The molecule has 2 amide bonds. The van der Waals surface area contributed by atoms with E-state index in [1.165, 1.54) is 10.5 Å². The van der Waals surface area contributed by atoms with Crippen LogP contribution in [0.15, 0.2) is 47.3 Å². The molecule has 1 aliphatic rings. The van der Waals surface area contributed by atoms with Gasteiger partial charge in [-0.2, -0.15) is 0 Å². The van der Waals surface area contributed by atoms with E-state index < -0.39 is 0 Å². The summed E-state index contributed by atoms with van der Waals surface area (Å²) in [5, 5.41) is 0.129. The van der Waals surface area contributed by atoms with Crippen LogP contribution >= 0.6 is 11.6 Å². The number of benzene rings is 1. The maximum Gasteiger partial charge on any atom is 0.267 e. The third kappa shape index (κ3) is 4.85. The Morgan fingerprint density at radius 2 is 1.66 bits per heavy atom. The van der Waals surface area contributed by atoms with E-state index in [1.807, 2.05) is 18.2 Å². The summed E-state index contributed by atoms with van der Waals surface area (Å²) in [6, 6.07) is 11.5. The van der Waals surface area contributed by atoms with Gasteiger partial charge in [-0.3, -0.25) is 19.3 Å². The Morgan fingerprint density at radius 1 is 1.03 bits per heavy atom. The summed E-state index contributed by atoms with van der Waals surface area (Å²) in [6.45, 7) is 6.79. The number of halogens is 1. The molecule has 0 radical (unpaired) electrons. The van der Waals surface area contributed by atoms with Gasteiger partial charge in [-0.15, -0.1) is 0 Å². The first-order valence-corrected chi connectivity index (χ1v) is 10.1. The van der Waals surface area contributed by atoms with Crippen LogP contribution in [0.2, 0.25) is 5.02 Å². The number of pyridine rings is 1. The molecule has 1 aliphatic heterocycles. The van der Waals surface area contributed by atoms with Crippen molar-refractivity contribution in [2.75, 3.05) is 6.54 Å². The van der Waals surface area contributed by atoms with E-state index in [9.17, 15) is 14.4 Å². The molecule has 1 saturated heterocycles. The third-order valence-corrected chi connectivity index (χ3v) is 5.37. The number of H-pyrrole nitrogens is 1. The van der Waals surface area contributed by atoms with Gasteiger partial charge in [0, 0.05) is 30.7 Å². The highest BCUT2D eigenvalue weighted by atomic mass is 35.5. The maximum absolute atomic E-state index is 12.0. The van der Waals surface area contributed by atoms with Crippen LogP contribution in [0.1, 0.15) is 56.9 Å². The van der Waals surface area contributed by atoms with Crippen LogP contribution in [0.25, 0.3) is 5.57 Å². The molecule has 1 fully saturated rings. The highest BCUT2D eigenvalue weighted by molar-refractivity contribution is 6.30. The molecule has 0 atom stereocenters. The van der Waals surface area contributed by atoms with Gasteiger partial charge in [0.25, 0.3) is 5.56 Å². The molecule has 0 unspecified atom stereocenters. The number of nitrogens with one attached hydrogen (secondary N) is 1. The number of aromatic nitrogens is 1. The fourth-order valence-electron chi connectivity index (χ4n) is 3.36. The smallest absolute Gasteiger partial charge is 0.267 e. The molecule has 29 heavy (non-hydrogen) atoms. The summed E-state index contributed by atoms with van der Waals surface area (Å²) in [7, 11) is 0. The lowest BCUT2D eigenvalue weighted by Crippen LogP contribution is -2.29. The minimum atomic E-state index is -0.355. The topological polar surface area (TPSA) is 70.2 Å². The van der Waals surface area contributed by atoms with Gasteiger partial charge in [0.1, 0.15) is 5.02 Å². The van der Waals surface area contributed by atoms with Crippen molar-refractivity contribution >= 4 is 29.0 Å². The van der Waals surface area contributed by atoms with E-state index in [2.05, 4.69) is 37.9 Å².